The number of hydrogen-bond donors (Lipinski definition) is 0. The molecule has 2 heterocycles. The van der Waals surface area contributed by atoms with Crippen molar-refractivity contribution in [1.29, 1.82) is 0 Å². The van der Waals surface area contributed by atoms with Crippen LogP contribution in [0.25, 0.3) is 16.8 Å². The number of carbonyl (C=O) groups is 1. The Morgan fingerprint density at radius 1 is 1.00 bits per heavy atom. The molecular formula is C25H28N6O2. The van der Waals surface area contributed by atoms with E-state index in [9.17, 15) is 9.59 Å². The van der Waals surface area contributed by atoms with Crippen molar-refractivity contribution < 1.29 is 4.79 Å². The highest BCUT2D eigenvalue weighted by Gasteiger charge is 2.16. The second-order valence-electron chi connectivity index (χ2n) is 8.07. The van der Waals surface area contributed by atoms with Crippen molar-refractivity contribution in [3.8, 4) is 16.8 Å². The van der Waals surface area contributed by atoms with E-state index in [1.54, 1.807) is 21.8 Å². The highest BCUT2D eigenvalue weighted by atomic mass is 16.2. The Morgan fingerprint density at radius 2 is 1.79 bits per heavy atom. The van der Waals surface area contributed by atoms with Crippen LogP contribution in [0, 0.1) is 0 Å². The van der Waals surface area contributed by atoms with Crippen LogP contribution in [0.4, 0.5) is 0 Å². The average molecular weight is 445 g/mol. The zero-order valence-corrected chi connectivity index (χ0v) is 19.0. The number of tetrazole rings is 1. The van der Waals surface area contributed by atoms with E-state index in [1.165, 1.54) is 4.57 Å². The van der Waals surface area contributed by atoms with E-state index in [2.05, 4.69) is 22.4 Å². The summed E-state index contributed by atoms with van der Waals surface area (Å²) in [6.07, 6.45) is 7.15. The number of aryl methyl sites for hydroxylation is 1. The molecule has 0 saturated heterocycles. The molecule has 0 fully saturated rings. The smallest absolute Gasteiger partial charge is 0.292 e. The number of unbranched alkanes of at least 4 members (excludes halogenated alkanes) is 1. The summed E-state index contributed by atoms with van der Waals surface area (Å²) in [6, 6.07) is 16.0. The first kappa shape index (κ1) is 22.4. The van der Waals surface area contributed by atoms with E-state index in [0.29, 0.717) is 19.4 Å². The summed E-state index contributed by atoms with van der Waals surface area (Å²) in [5.74, 6) is -0.145. The minimum absolute atomic E-state index is 0.145. The molecule has 0 spiro atoms. The fourth-order valence-corrected chi connectivity index (χ4v) is 3.93. The van der Waals surface area contributed by atoms with Crippen LogP contribution < -0.4 is 5.69 Å². The highest BCUT2D eigenvalue weighted by molar-refractivity contribution is 5.78. The number of aromatic nitrogens is 6. The molecule has 8 nitrogen and oxygen atoms in total. The van der Waals surface area contributed by atoms with Crippen LogP contribution in [0.1, 0.15) is 55.6 Å². The fraction of sp³-hybridized carbons (Fsp3) is 0.320. The number of benzene rings is 2. The second-order valence-corrected chi connectivity index (χ2v) is 8.07. The van der Waals surface area contributed by atoms with Gasteiger partial charge in [0.15, 0.2) is 0 Å². The number of carbonyl (C=O) groups excluding carboxylic acids is 1. The first-order valence-corrected chi connectivity index (χ1v) is 11.4. The molecule has 0 aliphatic carbocycles. The summed E-state index contributed by atoms with van der Waals surface area (Å²) in [5.41, 5.74) is 4.57. The molecule has 0 bridgehead atoms. The molecule has 0 radical (unpaired) electrons. The Labute approximate surface area is 192 Å². The molecule has 0 N–H and O–H groups in total. The standard InChI is InChI=1S/C25H28N6O2/c1-3-5-9-21-17-30(24(32)8-4-2)25(33)29(21)16-19-12-14-20(15-13-19)22-10-6-7-11-23(22)31-18-26-27-28-31/h6-7,10-15,17-18H,3-5,8-9,16H2,1-2H3. The van der Waals surface area contributed by atoms with Gasteiger partial charge < -0.3 is 0 Å². The molecule has 0 aliphatic rings. The van der Waals surface area contributed by atoms with Crippen molar-refractivity contribution in [2.75, 3.05) is 0 Å². The third kappa shape index (κ3) is 4.84. The Balaban J connectivity index is 1.63. The van der Waals surface area contributed by atoms with E-state index in [0.717, 1.165) is 47.3 Å². The fourth-order valence-electron chi connectivity index (χ4n) is 3.93. The maximum absolute atomic E-state index is 13.0. The average Bonchev–Trinajstić information content (AvgIpc) is 3.48. The first-order valence-electron chi connectivity index (χ1n) is 11.4. The molecule has 4 aromatic rings. The lowest BCUT2D eigenvalue weighted by Crippen LogP contribution is -2.29. The normalized spacial score (nSPS) is 11.1. The Kier molecular flexibility index (Phi) is 6.92. The quantitative estimate of drug-likeness (QED) is 0.387. The van der Waals surface area contributed by atoms with Crippen molar-refractivity contribution in [1.82, 2.24) is 29.3 Å². The molecule has 0 amide bonds. The van der Waals surface area contributed by atoms with Gasteiger partial charge in [-0.15, -0.1) is 5.10 Å². The van der Waals surface area contributed by atoms with Crippen LogP contribution in [0.3, 0.4) is 0 Å². The van der Waals surface area contributed by atoms with Crippen LogP contribution in [0.2, 0.25) is 0 Å². The molecule has 0 unspecified atom stereocenters. The predicted molar refractivity (Wildman–Crippen MR) is 127 cm³/mol. The molecule has 170 valence electrons. The minimum atomic E-state index is -0.257. The SMILES string of the molecule is CCCCc1cn(C(=O)CCC)c(=O)n1Cc1ccc(-c2ccccc2-n2cnnn2)cc1. The van der Waals surface area contributed by atoms with Crippen molar-refractivity contribution in [3.63, 3.8) is 0 Å². The van der Waals surface area contributed by atoms with Gasteiger partial charge in [0.1, 0.15) is 6.33 Å². The van der Waals surface area contributed by atoms with Crippen molar-refractivity contribution in [2.24, 2.45) is 0 Å². The van der Waals surface area contributed by atoms with Gasteiger partial charge in [-0.3, -0.25) is 9.36 Å². The zero-order valence-electron chi connectivity index (χ0n) is 19.0. The molecule has 0 saturated carbocycles. The lowest BCUT2D eigenvalue weighted by molar-refractivity contribution is 0.0897. The lowest BCUT2D eigenvalue weighted by atomic mass is 10.0. The lowest BCUT2D eigenvalue weighted by Gasteiger charge is -2.11. The first-order chi connectivity index (χ1) is 16.1. The molecular weight excluding hydrogens is 416 g/mol. The molecule has 0 atom stereocenters. The van der Waals surface area contributed by atoms with Crippen molar-refractivity contribution in [3.05, 3.63) is 82.8 Å². The van der Waals surface area contributed by atoms with Gasteiger partial charge in [-0.1, -0.05) is 62.7 Å². The van der Waals surface area contributed by atoms with Crippen LogP contribution in [-0.2, 0) is 13.0 Å². The van der Waals surface area contributed by atoms with Crippen LogP contribution in [-0.4, -0.2) is 35.2 Å². The van der Waals surface area contributed by atoms with Gasteiger partial charge in [-0.05, 0) is 46.9 Å². The van der Waals surface area contributed by atoms with Gasteiger partial charge in [-0.25, -0.2) is 9.36 Å². The third-order valence-corrected chi connectivity index (χ3v) is 5.69. The van der Waals surface area contributed by atoms with Gasteiger partial charge >= 0.3 is 5.69 Å². The molecule has 2 aromatic carbocycles. The summed E-state index contributed by atoms with van der Waals surface area (Å²) < 4.78 is 4.65. The van der Waals surface area contributed by atoms with E-state index >= 15 is 0 Å². The molecule has 2 aromatic heterocycles. The number of rotatable bonds is 9. The van der Waals surface area contributed by atoms with Gasteiger partial charge in [0.2, 0.25) is 5.91 Å². The van der Waals surface area contributed by atoms with Crippen molar-refractivity contribution >= 4 is 5.91 Å². The Bertz CT molecular complexity index is 1270. The monoisotopic (exact) mass is 444 g/mol. The Hall–Kier alpha value is -3.81. The predicted octanol–water partition coefficient (Wildman–Crippen LogP) is 4.12. The van der Waals surface area contributed by atoms with Gasteiger partial charge in [0.05, 0.1) is 12.2 Å². The van der Waals surface area contributed by atoms with E-state index in [-0.39, 0.29) is 11.6 Å². The summed E-state index contributed by atoms with van der Waals surface area (Å²) in [7, 11) is 0. The van der Waals surface area contributed by atoms with E-state index in [4.69, 9.17) is 0 Å². The summed E-state index contributed by atoms with van der Waals surface area (Å²) >= 11 is 0. The molecule has 33 heavy (non-hydrogen) atoms. The Morgan fingerprint density at radius 3 is 2.48 bits per heavy atom. The van der Waals surface area contributed by atoms with Crippen LogP contribution in [0.15, 0.2) is 65.8 Å². The minimum Gasteiger partial charge on any atom is -0.292 e. The molecule has 8 heteroatoms. The number of imidazole rings is 1. The van der Waals surface area contributed by atoms with Crippen LogP contribution in [0.5, 0.6) is 0 Å². The van der Waals surface area contributed by atoms with Gasteiger partial charge in [0, 0.05) is 23.9 Å². The van der Waals surface area contributed by atoms with E-state index < -0.39 is 0 Å². The van der Waals surface area contributed by atoms with Gasteiger partial charge in [-0.2, -0.15) is 4.68 Å². The number of para-hydroxylation sites is 1. The number of nitrogens with zero attached hydrogens (tertiary/aromatic N) is 6. The maximum atomic E-state index is 13.0. The third-order valence-electron chi connectivity index (χ3n) is 5.69. The maximum Gasteiger partial charge on any atom is 0.335 e. The second kappa shape index (κ2) is 10.2. The van der Waals surface area contributed by atoms with Gasteiger partial charge in [0.25, 0.3) is 0 Å². The number of hydrogen-bond acceptors (Lipinski definition) is 5. The summed E-state index contributed by atoms with van der Waals surface area (Å²) in [5, 5.41) is 11.5. The zero-order chi connectivity index (χ0) is 23.2. The van der Waals surface area contributed by atoms with E-state index in [1.807, 2.05) is 55.5 Å². The molecule has 0 aliphatic heterocycles. The largest absolute Gasteiger partial charge is 0.335 e. The van der Waals surface area contributed by atoms with Crippen LogP contribution >= 0.6 is 0 Å². The molecule has 4 rings (SSSR count). The van der Waals surface area contributed by atoms with Crippen molar-refractivity contribution in [2.45, 2.75) is 52.5 Å². The summed E-state index contributed by atoms with van der Waals surface area (Å²) in [6.45, 7) is 4.49. The topological polar surface area (TPSA) is 87.6 Å². The highest BCUT2D eigenvalue weighted by Crippen LogP contribution is 2.26. The summed E-state index contributed by atoms with van der Waals surface area (Å²) in [4.78, 5) is 25.4.